The van der Waals surface area contributed by atoms with E-state index in [4.69, 9.17) is 0 Å². The van der Waals surface area contributed by atoms with Gasteiger partial charge in [0.25, 0.3) is 0 Å². The van der Waals surface area contributed by atoms with Crippen molar-refractivity contribution in [2.75, 3.05) is 23.7 Å². The molecule has 0 aromatic heterocycles. The fourth-order valence-corrected chi connectivity index (χ4v) is 5.13. The number of benzene rings is 2. The van der Waals surface area contributed by atoms with Gasteiger partial charge in [-0.1, -0.05) is 29.8 Å². The van der Waals surface area contributed by atoms with Gasteiger partial charge in [-0.15, -0.1) is 0 Å². The minimum atomic E-state index is -3.41. The number of carbonyl (C=O) groups is 2. The quantitative estimate of drug-likeness (QED) is 0.737. The van der Waals surface area contributed by atoms with E-state index < -0.39 is 10.0 Å². The van der Waals surface area contributed by atoms with Crippen molar-refractivity contribution >= 4 is 33.2 Å². The number of amides is 2. The van der Waals surface area contributed by atoms with E-state index in [-0.39, 0.29) is 23.5 Å². The van der Waals surface area contributed by atoms with Gasteiger partial charge in [-0.3, -0.25) is 9.59 Å². The average molecular weight is 430 g/mol. The first kappa shape index (κ1) is 22.0. The molecule has 2 aromatic carbocycles. The molecule has 0 unspecified atom stereocenters. The van der Waals surface area contributed by atoms with Crippen LogP contribution < -0.4 is 10.6 Å². The Morgan fingerprint density at radius 2 is 1.60 bits per heavy atom. The van der Waals surface area contributed by atoms with Crippen LogP contribution in [0.3, 0.4) is 0 Å². The second-order valence-electron chi connectivity index (χ2n) is 7.67. The van der Waals surface area contributed by atoms with E-state index in [1.807, 2.05) is 31.2 Å². The Morgan fingerprint density at radius 3 is 2.17 bits per heavy atom. The number of nitrogens with one attached hydrogen (secondary N) is 2. The standard InChI is InChI=1S/C22H27N3O4S/c1-16-4-3-5-18(14-16)15-30(28,29)25-12-10-19(11-13-25)22(27)24-21-8-6-20(7-9-21)23-17(2)26/h3-9,14,19H,10-13,15H2,1-2H3,(H,23,26)(H,24,27). The van der Waals surface area contributed by atoms with Gasteiger partial charge in [-0.2, -0.15) is 0 Å². The molecule has 1 fully saturated rings. The molecule has 0 spiro atoms. The molecule has 7 nitrogen and oxygen atoms in total. The zero-order chi connectivity index (χ0) is 21.7. The van der Waals surface area contributed by atoms with E-state index in [0.29, 0.717) is 37.3 Å². The van der Waals surface area contributed by atoms with Gasteiger partial charge >= 0.3 is 0 Å². The number of hydrogen-bond acceptors (Lipinski definition) is 4. The van der Waals surface area contributed by atoms with Crippen LogP contribution in [0.1, 0.15) is 30.9 Å². The van der Waals surface area contributed by atoms with Crippen molar-refractivity contribution in [3.63, 3.8) is 0 Å². The number of carbonyl (C=O) groups excluding carboxylic acids is 2. The van der Waals surface area contributed by atoms with E-state index in [1.165, 1.54) is 11.2 Å². The molecule has 160 valence electrons. The molecule has 0 bridgehead atoms. The maximum absolute atomic E-state index is 12.7. The smallest absolute Gasteiger partial charge is 0.227 e. The summed E-state index contributed by atoms with van der Waals surface area (Å²) in [4.78, 5) is 23.6. The first-order valence-electron chi connectivity index (χ1n) is 9.95. The Hall–Kier alpha value is -2.71. The van der Waals surface area contributed by atoms with Crippen molar-refractivity contribution in [1.29, 1.82) is 0 Å². The van der Waals surface area contributed by atoms with Gasteiger partial charge in [0.15, 0.2) is 0 Å². The monoisotopic (exact) mass is 429 g/mol. The molecule has 8 heteroatoms. The molecule has 30 heavy (non-hydrogen) atoms. The minimum Gasteiger partial charge on any atom is -0.326 e. The normalized spacial score (nSPS) is 15.5. The molecular weight excluding hydrogens is 402 g/mol. The van der Waals surface area contributed by atoms with Crippen LogP contribution in [0.5, 0.6) is 0 Å². The number of anilines is 2. The Balaban J connectivity index is 1.53. The number of sulfonamides is 1. The Bertz CT molecular complexity index is 1010. The number of rotatable bonds is 6. The molecule has 1 aliphatic rings. The summed E-state index contributed by atoms with van der Waals surface area (Å²) in [5.41, 5.74) is 3.11. The van der Waals surface area contributed by atoms with Crippen molar-refractivity contribution < 1.29 is 18.0 Å². The van der Waals surface area contributed by atoms with E-state index >= 15 is 0 Å². The summed E-state index contributed by atoms with van der Waals surface area (Å²) >= 11 is 0. The van der Waals surface area contributed by atoms with Gasteiger partial charge in [0, 0.05) is 37.3 Å². The van der Waals surface area contributed by atoms with Crippen molar-refractivity contribution in [3.05, 3.63) is 59.7 Å². The van der Waals surface area contributed by atoms with Crippen LogP contribution in [-0.4, -0.2) is 37.6 Å². The predicted molar refractivity (Wildman–Crippen MR) is 117 cm³/mol. The topological polar surface area (TPSA) is 95.6 Å². The number of aryl methyl sites for hydroxylation is 1. The second kappa shape index (κ2) is 9.40. The zero-order valence-electron chi connectivity index (χ0n) is 17.2. The molecule has 0 atom stereocenters. The van der Waals surface area contributed by atoms with Gasteiger partial charge in [0.1, 0.15) is 0 Å². The number of hydrogen-bond donors (Lipinski definition) is 2. The van der Waals surface area contributed by atoms with E-state index in [1.54, 1.807) is 24.3 Å². The lowest BCUT2D eigenvalue weighted by molar-refractivity contribution is -0.121. The predicted octanol–water partition coefficient (Wildman–Crippen LogP) is 3.13. The third kappa shape index (κ3) is 5.90. The fourth-order valence-electron chi connectivity index (χ4n) is 3.58. The molecule has 3 rings (SSSR count). The summed E-state index contributed by atoms with van der Waals surface area (Å²) in [5, 5.41) is 5.55. The van der Waals surface area contributed by atoms with Crippen LogP contribution in [0.2, 0.25) is 0 Å². The van der Waals surface area contributed by atoms with Gasteiger partial charge in [0.05, 0.1) is 5.75 Å². The molecule has 1 aliphatic heterocycles. The summed E-state index contributed by atoms with van der Waals surface area (Å²) in [5.74, 6) is -0.522. The van der Waals surface area contributed by atoms with E-state index in [9.17, 15) is 18.0 Å². The minimum absolute atomic E-state index is 0.0216. The zero-order valence-corrected chi connectivity index (χ0v) is 18.0. The maximum atomic E-state index is 12.7. The van der Waals surface area contributed by atoms with Gasteiger partial charge < -0.3 is 10.6 Å². The fraction of sp³-hybridized carbons (Fsp3) is 0.364. The highest BCUT2D eigenvalue weighted by Crippen LogP contribution is 2.24. The molecule has 0 saturated carbocycles. The average Bonchev–Trinajstić information content (AvgIpc) is 2.69. The first-order chi connectivity index (χ1) is 14.2. The molecule has 2 N–H and O–H groups in total. The highest BCUT2D eigenvalue weighted by molar-refractivity contribution is 7.88. The third-order valence-corrected chi connectivity index (χ3v) is 6.97. The summed E-state index contributed by atoms with van der Waals surface area (Å²) in [6.07, 6.45) is 0.978. The van der Waals surface area contributed by atoms with Gasteiger partial charge in [-0.25, -0.2) is 12.7 Å². The molecule has 2 amide bonds. The summed E-state index contributed by atoms with van der Waals surface area (Å²) in [6, 6.07) is 14.4. The lowest BCUT2D eigenvalue weighted by Gasteiger charge is -2.30. The molecule has 0 radical (unpaired) electrons. The van der Waals surface area contributed by atoms with E-state index in [0.717, 1.165) is 11.1 Å². The number of piperidine rings is 1. The van der Waals surface area contributed by atoms with Crippen molar-refractivity contribution in [2.45, 2.75) is 32.4 Å². The Labute approximate surface area is 177 Å². The SMILES string of the molecule is CC(=O)Nc1ccc(NC(=O)C2CCN(S(=O)(=O)Cc3cccc(C)c3)CC2)cc1. The van der Waals surface area contributed by atoms with Crippen molar-refractivity contribution in [1.82, 2.24) is 4.31 Å². The molecule has 0 aliphatic carbocycles. The Kier molecular flexibility index (Phi) is 6.89. The van der Waals surface area contributed by atoms with Gasteiger partial charge in [-0.05, 0) is 49.6 Å². The Morgan fingerprint density at radius 1 is 1.00 bits per heavy atom. The third-order valence-electron chi connectivity index (χ3n) is 5.12. The first-order valence-corrected chi connectivity index (χ1v) is 11.6. The molecule has 1 heterocycles. The van der Waals surface area contributed by atoms with Crippen molar-refractivity contribution in [2.24, 2.45) is 5.92 Å². The summed E-state index contributed by atoms with van der Waals surface area (Å²) < 4.78 is 27.0. The van der Waals surface area contributed by atoms with Gasteiger partial charge in [0.2, 0.25) is 21.8 Å². The van der Waals surface area contributed by atoms with Crippen LogP contribution in [0.25, 0.3) is 0 Å². The highest BCUT2D eigenvalue weighted by atomic mass is 32.2. The number of nitrogens with zero attached hydrogens (tertiary/aromatic N) is 1. The highest BCUT2D eigenvalue weighted by Gasteiger charge is 2.31. The second-order valence-corrected chi connectivity index (χ2v) is 9.64. The van der Waals surface area contributed by atoms with Crippen LogP contribution >= 0.6 is 0 Å². The van der Waals surface area contributed by atoms with Crippen LogP contribution in [0.15, 0.2) is 48.5 Å². The lowest BCUT2D eigenvalue weighted by Crippen LogP contribution is -2.41. The molecule has 1 saturated heterocycles. The molecular formula is C22H27N3O4S. The lowest BCUT2D eigenvalue weighted by atomic mass is 9.97. The molecule has 2 aromatic rings. The maximum Gasteiger partial charge on any atom is 0.227 e. The summed E-state index contributed by atoms with van der Waals surface area (Å²) in [6.45, 7) is 4.05. The van der Waals surface area contributed by atoms with Crippen LogP contribution in [0, 0.1) is 12.8 Å². The largest absolute Gasteiger partial charge is 0.326 e. The van der Waals surface area contributed by atoms with Crippen molar-refractivity contribution in [3.8, 4) is 0 Å². The summed E-state index contributed by atoms with van der Waals surface area (Å²) in [7, 11) is -3.41. The van der Waals surface area contributed by atoms with Crippen LogP contribution in [0.4, 0.5) is 11.4 Å². The van der Waals surface area contributed by atoms with Crippen LogP contribution in [-0.2, 0) is 25.4 Å². The van der Waals surface area contributed by atoms with E-state index in [2.05, 4.69) is 10.6 Å².